The van der Waals surface area contributed by atoms with Crippen LogP contribution in [0.2, 0.25) is 5.02 Å². The first kappa shape index (κ1) is 22.4. The van der Waals surface area contributed by atoms with Crippen LogP contribution in [0, 0.1) is 6.92 Å². The Morgan fingerprint density at radius 3 is 2.43 bits per heavy atom. The highest BCUT2D eigenvalue weighted by Gasteiger charge is 2.20. The van der Waals surface area contributed by atoms with Gasteiger partial charge in [-0.2, -0.15) is 0 Å². The molecule has 172 valence electrons. The first-order valence-corrected chi connectivity index (χ1v) is 11.2. The van der Waals surface area contributed by atoms with Crippen molar-refractivity contribution >= 4 is 40.1 Å². The maximum atomic E-state index is 13.4. The molecule has 0 unspecified atom stereocenters. The van der Waals surface area contributed by atoms with Crippen LogP contribution in [0.4, 0.5) is 5.69 Å². The predicted octanol–water partition coefficient (Wildman–Crippen LogP) is 7.07. The van der Waals surface area contributed by atoms with Crippen LogP contribution in [0.25, 0.3) is 33.7 Å². The van der Waals surface area contributed by atoms with E-state index in [1.54, 1.807) is 49.4 Å². The van der Waals surface area contributed by atoms with Gasteiger partial charge in [0.15, 0.2) is 5.76 Å². The molecule has 0 fully saturated rings. The number of aryl methyl sites for hydroxylation is 1. The number of anilines is 1. The molecule has 5 aromatic rings. The minimum Gasteiger partial charge on any atom is -0.478 e. The van der Waals surface area contributed by atoms with Gasteiger partial charge in [-0.1, -0.05) is 54.1 Å². The summed E-state index contributed by atoms with van der Waals surface area (Å²) < 4.78 is 6.05. The molecule has 1 amide bonds. The van der Waals surface area contributed by atoms with Crippen molar-refractivity contribution in [3.63, 3.8) is 0 Å². The fourth-order valence-electron chi connectivity index (χ4n) is 3.96. The van der Waals surface area contributed by atoms with Gasteiger partial charge in [-0.25, -0.2) is 9.78 Å². The van der Waals surface area contributed by atoms with E-state index in [0.29, 0.717) is 44.3 Å². The third-order valence-electron chi connectivity index (χ3n) is 5.70. The number of rotatable bonds is 5. The van der Waals surface area contributed by atoms with Crippen molar-refractivity contribution in [2.75, 3.05) is 5.32 Å². The molecule has 0 aliphatic carbocycles. The summed E-state index contributed by atoms with van der Waals surface area (Å²) in [4.78, 5) is 29.8. The number of nitrogens with zero attached hydrogens (tertiary/aromatic N) is 1. The molecular formula is C28H19ClN2O4. The summed E-state index contributed by atoms with van der Waals surface area (Å²) in [5.41, 5.74) is 3.09. The Labute approximate surface area is 205 Å². The smallest absolute Gasteiger partial charge is 0.337 e. The van der Waals surface area contributed by atoms with Crippen molar-refractivity contribution in [1.29, 1.82) is 0 Å². The van der Waals surface area contributed by atoms with E-state index in [2.05, 4.69) is 10.3 Å². The Bertz CT molecular complexity index is 1610. The van der Waals surface area contributed by atoms with E-state index >= 15 is 0 Å². The summed E-state index contributed by atoms with van der Waals surface area (Å²) in [5, 5.41) is 13.6. The van der Waals surface area contributed by atoms with E-state index in [9.17, 15) is 14.7 Å². The zero-order valence-corrected chi connectivity index (χ0v) is 19.3. The molecule has 0 saturated heterocycles. The average molecular weight is 483 g/mol. The molecule has 6 nitrogen and oxygen atoms in total. The standard InChI is InChI=1S/C28H19ClN2O4/c1-16-7-6-10-19(28(33)34)26(16)31-27(32)20-15-23(30-22-12-5-3-8-17(20)22)25-14-13-24(35-25)18-9-2-4-11-21(18)29/h2-15H,1H3,(H,31,32)(H,33,34). The lowest BCUT2D eigenvalue weighted by Crippen LogP contribution is -2.16. The number of carbonyl (C=O) groups excluding carboxylic acids is 1. The van der Waals surface area contributed by atoms with E-state index in [1.807, 2.05) is 36.4 Å². The Balaban J connectivity index is 1.59. The molecule has 5 rings (SSSR count). The fraction of sp³-hybridized carbons (Fsp3) is 0.0357. The molecule has 0 saturated carbocycles. The van der Waals surface area contributed by atoms with E-state index < -0.39 is 11.9 Å². The maximum absolute atomic E-state index is 13.4. The number of carboxylic acid groups (broad SMARTS) is 1. The molecular weight excluding hydrogens is 464 g/mol. The Hall–Kier alpha value is -4.42. The molecule has 3 aromatic carbocycles. The maximum Gasteiger partial charge on any atom is 0.337 e. The van der Waals surface area contributed by atoms with Gasteiger partial charge >= 0.3 is 5.97 Å². The largest absolute Gasteiger partial charge is 0.478 e. The lowest BCUT2D eigenvalue weighted by atomic mass is 10.0. The van der Waals surface area contributed by atoms with Gasteiger partial charge in [-0.3, -0.25) is 4.79 Å². The third-order valence-corrected chi connectivity index (χ3v) is 6.03. The van der Waals surface area contributed by atoms with Crippen LogP contribution in [-0.2, 0) is 0 Å². The lowest BCUT2D eigenvalue weighted by Gasteiger charge is -2.13. The Morgan fingerprint density at radius 2 is 1.63 bits per heavy atom. The summed E-state index contributed by atoms with van der Waals surface area (Å²) in [6.45, 7) is 1.75. The summed E-state index contributed by atoms with van der Waals surface area (Å²) >= 11 is 6.31. The topological polar surface area (TPSA) is 92.4 Å². The summed E-state index contributed by atoms with van der Waals surface area (Å²) in [5.74, 6) is -0.508. The van der Waals surface area contributed by atoms with Crippen molar-refractivity contribution in [2.45, 2.75) is 6.92 Å². The molecule has 2 heterocycles. The van der Waals surface area contributed by atoms with Crippen molar-refractivity contribution in [3.8, 4) is 22.8 Å². The number of aromatic nitrogens is 1. The van der Waals surface area contributed by atoms with Crippen molar-refractivity contribution in [2.24, 2.45) is 0 Å². The van der Waals surface area contributed by atoms with Crippen LogP contribution in [0.1, 0.15) is 26.3 Å². The van der Waals surface area contributed by atoms with Gasteiger partial charge in [0.1, 0.15) is 11.5 Å². The second kappa shape index (κ2) is 9.08. The monoisotopic (exact) mass is 482 g/mol. The normalized spacial score (nSPS) is 10.9. The number of hydrogen-bond donors (Lipinski definition) is 2. The van der Waals surface area contributed by atoms with Crippen LogP contribution in [-0.4, -0.2) is 22.0 Å². The molecule has 0 spiro atoms. The Kier molecular flexibility index (Phi) is 5.81. The summed E-state index contributed by atoms with van der Waals surface area (Å²) in [6.07, 6.45) is 0. The Morgan fingerprint density at radius 1 is 0.886 bits per heavy atom. The number of hydrogen-bond acceptors (Lipinski definition) is 4. The number of nitrogens with one attached hydrogen (secondary N) is 1. The van der Waals surface area contributed by atoms with Crippen molar-refractivity contribution in [3.05, 3.63) is 107 Å². The number of para-hydroxylation sites is 2. The molecule has 0 aliphatic heterocycles. The number of aromatic carboxylic acids is 1. The molecule has 0 aliphatic rings. The van der Waals surface area contributed by atoms with Crippen LogP contribution in [0.3, 0.4) is 0 Å². The second-order valence-corrected chi connectivity index (χ2v) is 8.38. The SMILES string of the molecule is Cc1cccc(C(=O)O)c1NC(=O)c1cc(-c2ccc(-c3ccccc3Cl)o2)nc2ccccc12. The van der Waals surface area contributed by atoms with Gasteiger partial charge in [0, 0.05) is 10.9 Å². The fourth-order valence-corrected chi connectivity index (χ4v) is 4.19. The molecule has 2 aromatic heterocycles. The molecule has 0 bridgehead atoms. The number of amides is 1. The number of benzene rings is 3. The molecule has 2 N–H and O–H groups in total. The third kappa shape index (κ3) is 4.27. The molecule has 35 heavy (non-hydrogen) atoms. The van der Waals surface area contributed by atoms with E-state index in [-0.39, 0.29) is 11.3 Å². The van der Waals surface area contributed by atoms with E-state index in [0.717, 1.165) is 5.56 Å². The summed E-state index contributed by atoms with van der Waals surface area (Å²) in [7, 11) is 0. The number of halogens is 1. The summed E-state index contributed by atoms with van der Waals surface area (Å²) in [6, 6.07) is 24.7. The quantitative estimate of drug-likeness (QED) is 0.279. The molecule has 0 atom stereocenters. The van der Waals surface area contributed by atoms with Gasteiger partial charge in [0.2, 0.25) is 0 Å². The number of carbonyl (C=O) groups is 2. The first-order valence-electron chi connectivity index (χ1n) is 10.8. The highest BCUT2D eigenvalue weighted by atomic mass is 35.5. The van der Waals surface area contributed by atoms with Crippen molar-refractivity contribution in [1.82, 2.24) is 4.98 Å². The van der Waals surface area contributed by atoms with Gasteiger partial charge in [0.25, 0.3) is 5.91 Å². The van der Waals surface area contributed by atoms with Gasteiger partial charge in [-0.05, 0) is 55.0 Å². The van der Waals surface area contributed by atoms with Crippen LogP contribution in [0.15, 0.2) is 89.3 Å². The molecule has 0 radical (unpaired) electrons. The van der Waals surface area contributed by atoms with Crippen LogP contribution >= 0.6 is 11.6 Å². The predicted molar refractivity (Wildman–Crippen MR) is 136 cm³/mol. The number of fused-ring (bicyclic) bond motifs is 1. The second-order valence-electron chi connectivity index (χ2n) is 7.97. The van der Waals surface area contributed by atoms with Gasteiger partial charge in [-0.15, -0.1) is 0 Å². The number of furan rings is 1. The van der Waals surface area contributed by atoms with Crippen LogP contribution in [0.5, 0.6) is 0 Å². The van der Waals surface area contributed by atoms with Gasteiger partial charge in [0.05, 0.1) is 27.4 Å². The zero-order valence-electron chi connectivity index (χ0n) is 18.6. The first-order chi connectivity index (χ1) is 16.9. The minimum atomic E-state index is -1.12. The average Bonchev–Trinajstić information content (AvgIpc) is 3.34. The van der Waals surface area contributed by atoms with Gasteiger partial charge < -0.3 is 14.8 Å². The number of carboxylic acids is 1. The highest BCUT2D eigenvalue weighted by Crippen LogP contribution is 2.33. The van der Waals surface area contributed by atoms with Crippen LogP contribution < -0.4 is 5.32 Å². The zero-order chi connectivity index (χ0) is 24.5. The lowest BCUT2D eigenvalue weighted by molar-refractivity contribution is 0.0698. The minimum absolute atomic E-state index is 0.0207. The van der Waals surface area contributed by atoms with E-state index in [4.69, 9.17) is 16.0 Å². The van der Waals surface area contributed by atoms with E-state index in [1.165, 1.54) is 6.07 Å². The van der Waals surface area contributed by atoms with Crippen molar-refractivity contribution < 1.29 is 19.1 Å². The number of pyridine rings is 1. The molecule has 7 heteroatoms. The highest BCUT2D eigenvalue weighted by molar-refractivity contribution is 6.33.